The molecule has 1 aliphatic carbocycles. The molecule has 2 aromatic carbocycles. The van der Waals surface area contributed by atoms with E-state index in [0.29, 0.717) is 22.7 Å². The van der Waals surface area contributed by atoms with Gasteiger partial charge in [-0.3, -0.25) is 19.5 Å². The van der Waals surface area contributed by atoms with Gasteiger partial charge in [0.1, 0.15) is 23.2 Å². The Labute approximate surface area is 206 Å². The molecule has 0 spiro atoms. The zero-order valence-electron chi connectivity index (χ0n) is 20.1. The SMILES string of the molecule is COc1ccc(C(C(=O)NC2CCCCC2)N(C(=O)c2ccccn2)c2ccc(OC)cc2)cc1. The first kappa shape index (κ1) is 24.3. The molecule has 0 bridgehead atoms. The highest BCUT2D eigenvalue weighted by Crippen LogP contribution is 2.32. The van der Waals surface area contributed by atoms with Crippen LogP contribution in [-0.4, -0.2) is 37.1 Å². The van der Waals surface area contributed by atoms with E-state index in [1.165, 1.54) is 11.3 Å². The maximum absolute atomic E-state index is 13.9. The van der Waals surface area contributed by atoms with E-state index >= 15 is 0 Å². The van der Waals surface area contributed by atoms with Crippen molar-refractivity contribution >= 4 is 17.5 Å². The van der Waals surface area contributed by atoms with E-state index in [-0.39, 0.29) is 23.6 Å². The topological polar surface area (TPSA) is 80.8 Å². The van der Waals surface area contributed by atoms with Crippen LogP contribution in [0.3, 0.4) is 0 Å². The van der Waals surface area contributed by atoms with Gasteiger partial charge in [0.15, 0.2) is 0 Å². The number of benzene rings is 2. The fourth-order valence-corrected chi connectivity index (χ4v) is 4.47. The second kappa shape index (κ2) is 11.5. The zero-order chi connectivity index (χ0) is 24.6. The Hall–Kier alpha value is -3.87. The van der Waals surface area contributed by atoms with Crippen molar-refractivity contribution in [1.29, 1.82) is 0 Å². The molecule has 7 nitrogen and oxygen atoms in total. The van der Waals surface area contributed by atoms with Crippen molar-refractivity contribution in [2.45, 2.75) is 44.2 Å². The van der Waals surface area contributed by atoms with Crippen molar-refractivity contribution in [2.75, 3.05) is 19.1 Å². The molecule has 0 saturated heterocycles. The molecular weight excluding hydrogens is 442 g/mol. The number of hydrogen-bond acceptors (Lipinski definition) is 5. The first-order valence-electron chi connectivity index (χ1n) is 11.9. The Morgan fingerprint density at radius 2 is 1.51 bits per heavy atom. The number of rotatable bonds is 8. The van der Waals surface area contributed by atoms with Gasteiger partial charge in [-0.2, -0.15) is 0 Å². The minimum Gasteiger partial charge on any atom is -0.497 e. The Bertz CT molecular complexity index is 1110. The van der Waals surface area contributed by atoms with Crippen LogP contribution < -0.4 is 19.7 Å². The van der Waals surface area contributed by atoms with Crippen LogP contribution in [0.2, 0.25) is 0 Å². The van der Waals surface area contributed by atoms with Gasteiger partial charge >= 0.3 is 0 Å². The number of methoxy groups -OCH3 is 2. The van der Waals surface area contributed by atoms with Gasteiger partial charge in [0, 0.05) is 17.9 Å². The molecule has 1 aliphatic rings. The lowest BCUT2D eigenvalue weighted by Gasteiger charge is -2.33. The molecule has 182 valence electrons. The normalized spacial score (nSPS) is 14.6. The number of nitrogens with zero attached hydrogens (tertiary/aromatic N) is 2. The largest absolute Gasteiger partial charge is 0.497 e. The highest BCUT2D eigenvalue weighted by molar-refractivity contribution is 6.09. The van der Waals surface area contributed by atoms with Crippen LogP contribution in [0.15, 0.2) is 72.9 Å². The second-order valence-electron chi connectivity index (χ2n) is 8.61. The molecular formula is C28H31N3O4. The molecule has 1 N–H and O–H groups in total. The smallest absolute Gasteiger partial charge is 0.277 e. The summed E-state index contributed by atoms with van der Waals surface area (Å²) in [6, 6.07) is 18.7. The first-order valence-corrected chi connectivity index (χ1v) is 11.9. The van der Waals surface area contributed by atoms with E-state index in [1.54, 1.807) is 75.0 Å². The average Bonchev–Trinajstić information content (AvgIpc) is 2.92. The number of amides is 2. The number of anilines is 1. The van der Waals surface area contributed by atoms with Crippen molar-refractivity contribution < 1.29 is 19.1 Å². The Morgan fingerprint density at radius 1 is 0.886 bits per heavy atom. The fraction of sp³-hybridized carbons (Fsp3) is 0.321. The van der Waals surface area contributed by atoms with Crippen molar-refractivity contribution in [3.63, 3.8) is 0 Å². The molecule has 1 fully saturated rings. The van der Waals surface area contributed by atoms with Crippen molar-refractivity contribution in [3.8, 4) is 11.5 Å². The second-order valence-corrected chi connectivity index (χ2v) is 8.61. The van der Waals surface area contributed by atoms with Gasteiger partial charge in [-0.15, -0.1) is 0 Å². The van der Waals surface area contributed by atoms with Crippen LogP contribution in [-0.2, 0) is 4.79 Å². The monoisotopic (exact) mass is 473 g/mol. The molecule has 2 amide bonds. The summed E-state index contributed by atoms with van der Waals surface area (Å²) >= 11 is 0. The maximum Gasteiger partial charge on any atom is 0.277 e. The van der Waals surface area contributed by atoms with Crippen LogP contribution in [0.1, 0.15) is 54.2 Å². The standard InChI is InChI=1S/C28H31N3O4/c1-34-23-15-11-20(12-16-23)26(27(32)30-21-8-4-3-5-9-21)31(22-13-17-24(35-2)18-14-22)28(33)25-10-6-7-19-29-25/h6-7,10-19,21,26H,3-5,8-9H2,1-2H3,(H,30,32). The Balaban J connectivity index is 1.79. The maximum atomic E-state index is 13.9. The highest BCUT2D eigenvalue weighted by atomic mass is 16.5. The lowest BCUT2D eigenvalue weighted by atomic mass is 9.94. The molecule has 1 saturated carbocycles. The first-order chi connectivity index (χ1) is 17.1. The molecule has 1 unspecified atom stereocenters. The molecule has 1 heterocycles. The summed E-state index contributed by atoms with van der Waals surface area (Å²) in [5.74, 6) is 0.747. The summed E-state index contributed by atoms with van der Waals surface area (Å²) in [5.41, 5.74) is 1.51. The van der Waals surface area contributed by atoms with E-state index in [9.17, 15) is 9.59 Å². The minimum absolute atomic E-state index is 0.0969. The van der Waals surface area contributed by atoms with E-state index in [2.05, 4.69) is 10.3 Å². The summed E-state index contributed by atoms with van der Waals surface area (Å²) in [7, 11) is 3.18. The summed E-state index contributed by atoms with van der Waals surface area (Å²) in [6.45, 7) is 0. The molecule has 0 aliphatic heterocycles. The summed E-state index contributed by atoms with van der Waals surface area (Å²) in [5, 5.41) is 3.22. The molecule has 4 rings (SSSR count). The number of carbonyl (C=O) groups is 2. The fourth-order valence-electron chi connectivity index (χ4n) is 4.47. The molecule has 3 aromatic rings. The predicted octanol–water partition coefficient (Wildman–Crippen LogP) is 4.94. The number of carbonyl (C=O) groups excluding carboxylic acids is 2. The van der Waals surface area contributed by atoms with Crippen LogP contribution >= 0.6 is 0 Å². The number of aromatic nitrogens is 1. The molecule has 35 heavy (non-hydrogen) atoms. The van der Waals surface area contributed by atoms with E-state index in [0.717, 1.165) is 25.7 Å². The Kier molecular flexibility index (Phi) is 7.98. The van der Waals surface area contributed by atoms with Crippen molar-refractivity contribution in [3.05, 3.63) is 84.2 Å². The van der Waals surface area contributed by atoms with Crippen molar-refractivity contribution in [1.82, 2.24) is 10.3 Å². The molecule has 1 aromatic heterocycles. The summed E-state index contributed by atoms with van der Waals surface area (Å²) < 4.78 is 10.6. The predicted molar refractivity (Wildman–Crippen MR) is 135 cm³/mol. The quantitative estimate of drug-likeness (QED) is 0.501. The molecule has 7 heteroatoms. The summed E-state index contributed by atoms with van der Waals surface area (Å²) in [6.07, 6.45) is 6.82. The third kappa shape index (κ3) is 5.80. The number of nitrogens with one attached hydrogen (secondary N) is 1. The molecule has 1 atom stereocenters. The lowest BCUT2D eigenvalue weighted by molar-refractivity contribution is -0.123. The van der Waals surface area contributed by atoms with Crippen LogP contribution in [0.25, 0.3) is 0 Å². The van der Waals surface area contributed by atoms with Gasteiger partial charge in [0.05, 0.1) is 14.2 Å². The van der Waals surface area contributed by atoms with Crippen LogP contribution in [0.5, 0.6) is 11.5 Å². The van der Waals surface area contributed by atoms with E-state index < -0.39 is 6.04 Å². The van der Waals surface area contributed by atoms with Crippen molar-refractivity contribution in [2.24, 2.45) is 0 Å². The third-order valence-corrected chi connectivity index (χ3v) is 6.34. The Morgan fingerprint density at radius 3 is 2.09 bits per heavy atom. The lowest BCUT2D eigenvalue weighted by Crippen LogP contribution is -2.47. The average molecular weight is 474 g/mol. The number of ether oxygens (including phenoxy) is 2. The third-order valence-electron chi connectivity index (χ3n) is 6.34. The van der Waals surface area contributed by atoms with Gasteiger partial charge in [0.25, 0.3) is 5.91 Å². The highest BCUT2D eigenvalue weighted by Gasteiger charge is 2.35. The number of hydrogen-bond donors (Lipinski definition) is 1. The van der Waals surface area contributed by atoms with Gasteiger partial charge < -0.3 is 14.8 Å². The molecule has 0 radical (unpaired) electrons. The van der Waals surface area contributed by atoms with Gasteiger partial charge in [-0.25, -0.2) is 0 Å². The van der Waals surface area contributed by atoms with Gasteiger partial charge in [0.2, 0.25) is 5.91 Å². The van der Waals surface area contributed by atoms with E-state index in [1.807, 2.05) is 12.1 Å². The summed E-state index contributed by atoms with van der Waals surface area (Å²) in [4.78, 5) is 33.5. The minimum atomic E-state index is -0.897. The number of pyridine rings is 1. The zero-order valence-corrected chi connectivity index (χ0v) is 20.1. The van der Waals surface area contributed by atoms with E-state index in [4.69, 9.17) is 9.47 Å². The van der Waals surface area contributed by atoms with Gasteiger partial charge in [-0.1, -0.05) is 37.5 Å². The van der Waals surface area contributed by atoms with Crippen LogP contribution in [0.4, 0.5) is 5.69 Å². The van der Waals surface area contributed by atoms with Crippen LogP contribution in [0, 0.1) is 0 Å². The van der Waals surface area contributed by atoms with Gasteiger partial charge in [-0.05, 0) is 66.9 Å².